The third kappa shape index (κ3) is 41.2. The number of carbonyl (C=O) groups is 12. The first-order valence-corrected chi connectivity index (χ1v) is 35.9. The molecule has 2 saturated heterocycles. The van der Waals surface area contributed by atoms with Gasteiger partial charge in [0.25, 0.3) is 0 Å². The van der Waals surface area contributed by atoms with Crippen LogP contribution >= 0.6 is 0 Å². The molecule has 0 saturated carbocycles. The monoisotopic (exact) mass is 1360 g/mol. The lowest BCUT2D eigenvalue weighted by molar-refractivity contribution is -0.138. The minimum atomic E-state index is -1.72. The zero-order valence-electron chi connectivity index (χ0n) is 58.5. The van der Waals surface area contributed by atoms with Crippen molar-refractivity contribution in [3.8, 4) is 0 Å². The number of Topliss-reactive ketones (excluding diaryl/α,β-unsaturated/α-hetero) is 3. The molecule has 2 rings (SSSR count). The molecule has 29 heteroatoms. The summed E-state index contributed by atoms with van der Waals surface area (Å²) >= 11 is 0. The number of nitrogens with one attached hydrogen (secondary N) is 11. The molecule has 0 aromatic heterocycles. The van der Waals surface area contributed by atoms with Crippen LogP contribution in [0.1, 0.15) is 169 Å². The molecule has 0 aromatic rings. The summed E-state index contributed by atoms with van der Waals surface area (Å²) in [4.78, 5) is 173. The molecule has 2 fully saturated rings. The lowest BCUT2D eigenvalue weighted by Gasteiger charge is -2.26. The minimum Gasteiger partial charge on any atom is -0.379 e. The summed E-state index contributed by atoms with van der Waals surface area (Å²) in [6.45, 7) is 18.9. The van der Waals surface area contributed by atoms with E-state index in [0.29, 0.717) is 117 Å². The molecule has 0 bridgehead atoms. The maximum absolute atomic E-state index is 14.8. The maximum atomic E-state index is 14.8. The van der Waals surface area contributed by atoms with E-state index in [0.717, 1.165) is 77.7 Å². The summed E-state index contributed by atoms with van der Waals surface area (Å²) in [6, 6.07) is -3.34. The van der Waals surface area contributed by atoms with E-state index in [1.165, 1.54) is 0 Å². The van der Waals surface area contributed by atoms with Crippen LogP contribution in [0.3, 0.4) is 0 Å². The molecular weight excluding hydrogens is 1240 g/mol. The van der Waals surface area contributed by atoms with E-state index in [4.69, 9.17) is 20.9 Å². The Morgan fingerprint density at radius 3 is 1.27 bits per heavy atom. The Morgan fingerprint density at radius 2 is 0.740 bits per heavy atom. The molecular formula is C67H123N15O14. The molecule has 2 heterocycles. The predicted octanol–water partition coefficient (Wildman–Crippen LogP) is -0.636. The Morgan fingerprint density at radius 1 is 0.344 bits per heavy atom. The second-order valence-corrected chi connectivity index (χ2v) is 25.1. The van der Waals surface area contributed by atoms with Crippen molar-refractivity contribution in [2.75, 3.05) is 151 Å². The lowest BCUT2D eigenvalue weighted by atomic mass is 9.84. The molecule has 0 spiro atoms. The van der Waals surface area contributed by atoms with Gasteiger partial charge in [-0.3, -0.25) is 67.3 Å². The molecule has 0 aromatic carbocycles. The van der Waals surface area contributed by atoms with Gasteiger partial charge >= 0.3 is 0 Å². The van der Waals surface area contributed by atoms with Gasteiger partial charge in [0.15, 0.2) is 0 Å². The van der Waals surface area contributed by atoms with Crippen molar-refractivity contribution in [1.29, 1.82) is 0 Å². The topological polar surface area (TPSA) is 414 Å². The first kappa shape index (κ1) is 86.0. The van der Waals surface area contributed by atoms with E-state index in [-0.39, 0.29) is 58.0 Å². The Bertz CT molecular complexity index is 2290. The van der Waals surface area contributed by atoms with Crippen molar-refractivity contribution in [2.24, 2.45) is 35.1 Å². The summed E-state index contributed by atoms with van der Waals surface area (Å²) in [5.41, 5.74) is 11.2. The van der Waals surface area contributed by atoms with Crippen LogP contribution < -0.4 is 70.0 Å². The van der Waals surface area contributed by atoms with Crippen LogP contribution in [0.25, 0.3) is 0 Å². The fourth-order valence-electron chi connectivity index (χ4n) is 11.1. The number of rotatable bonds is 58. The van der Waals surface area contributed by atoms with E-state index in [1.54, 1.807) is 6.92 Å². The first-order valence-electron chi connectivity index (χ1n) is 35.9. The number of hydrogen-bond donors (Lipinski definition) is 13. The van der Waals surface area contributed by atoms with Crippen LogP contribution in [0.2, 0.25) is 0 Å². The summed E-state index contributed by atoms with van der Waals surface area (Å²) in [5.74, 6) is -12.3. The highest BCUT2D eigenvalue weighted by Gasteiger charge is 2.36. The molecule has 2 aliphatic heterocycles. The number of morpholine rings is 2. The molecule has 29 nitrogen and oxygen atoms in total. The van der Waals surface area contributed by atoms with E-state index >= 15 is 0 Å². The zero-order valence-corrected chi connectivity index (χ0v) is 58.5. The second kappa shape index (κ2) is 54.9. The quantitative estimate of drug-likeness (QED) is 0.0337. The van der Waals surface area contributed by atoms with Crippen molar-refractivity contribution in [2.45, 2.75) is 181 Å². The van der Waals surface area contributed by atoms with Crippen molar-refractivity contribution in [3.63, 3.8) is 0 Å². The first-order chi connectivity index (χ1) is 46.4. The standard InChI is InChI=1S/C67H123N15O14/c1-5-9-12-14-21-72-61(88)49-57(67(94)80-56(66(93)78-30-28-71-26-19-69)48-55(84)43-52(64(91)75-20-11-7-3)46-60(87)74-29-27-70-25-18-68)79-62(89)47-53(65(92)76-22-15-13-10-6-2)44-58(85)51(45-59(86)73-23-16-31-81-33-37-95-38-34-81)42-54(83)41-50(8-4)63(90)77-24-17-32-82-35-39-96-40-36-82/h50-53,56-57,70-71H,5-49,68-69H2,1-4H3,(H,72,88)(H,73,86)(H,74,87)(H,75,91)(H,76,92)(H,77,90)(H,78,93)(H,79,89)(H,80,94). The zero-order chi connectivity index (χ0) is 70.6. The third-order valence-corrected chi connectivity index (χ3v) is 16.8. The lowest BCUT2D eigenvalue weighted by Crippen LogP contribution is -2.56. The number of carbonyl (C=O) groups excluding carboxylic acids is 12. The normalized spacial score (nSPS) is 15.3. The average Bonchev–Trinajstić information content (AvgIpc) is 1.03. The molecule has 96 heavy (non-hydrogen) atoms. The second-order valence-electron chi connectivity index (χ2n) is 25.1. The fourth-order valence-corrected chi connectivity index (χ4v) is 11.1. The third-order valence-electron chi connectivity index (χ3n) is 16.8. The highest BCUT2D eigenvalue weighted by atomic mass is 16.5. The van der Waals surface area contributed by atoms with Crippen LogP contribution in [-0.4, -0.2) is 243 Å². The van der Waals surface area contributed by atoms with Gasteiger partial charge in [-0.25, -0.2) is 0 Å². The highest BCUT2D eigenvalue weighted by Crippen LogP contribution is 2.23. The van der Waals surface area contributed by atoms with E-state index in [9.17, 15) is 57.5 Å². The highest BCUT2D eigenvalue weighted by molar-refractivity contribution is 5.99. The van der Waals surface area contributed by atoms with Crippen molar-refractivity contribution >= 4 is 70.5 Å². The summed E-state index contributed by atoms with van der Waals surface area (Å²) in [6.07, 6.45) is 4.96. The minimum absolute atomic E-state index is 0.0331. The van der Waals surface area contributed by atoms with Gasteiger partial charge in [0.05, 0.1) is 44.7 Å². The largest absolute Gasteiger partial charge is 0.379 e. The van der Waals surface area contributed by atoms with Crippen molar-refractivity contribution < 1.29 is 67.0 Å². The molecule has 6 unspecified atom stereocenters. The smallest absolute Gasteiger partial charge is 0.243 e. The van der Waals surface area contributed by atoms with Gasteiger partial charge in [-0.15, -0.1) is 0 Å². The van der Waals surface area contributed by atoms with Crippen LogP contribution in [0.15, 0.2) is 0 Å². The molecule has 550 valence electrons. The Balaban J connectivity index is 2.55. The molecule has 9 amide bonds. The van der Waals surface area contributed by atoms with Crippen LogP contribution in [0.4, 0.5) is 0 Å². The van der Waals surface area contributed by atoms with Crippen LogP contribution in [-0.2, 0) is 67.0 Å². The molecule has 6 atom stereocenters. The summed E-state index contributed by atoms with van der Waals surface area (Å²) < 4.78 is 10.9. The predicted molar refractivity (Wildman–Crippen MR) is 367 cm³/mol. The fraction of sp³-hybridized carbons (Fsp3) is 0.821. The Hall–Kier alpha value is -6.08. The van der Waals surface area contributed by atoms with Crippen LogP contribution in [0.5, 0.6) is 0 Å². The number of amides is 9. The summed E-state index contributed by atoms with van der Waals surface area (Å²) in [5, 5.41) is 30.9. The number of hydrogen-bond acceptors (Lipinski definition) is 20. The summed E-state index contributed by atoms with van der Waals surface area (Å²) in [7, 11) is 0. The van der Waals surface area contributed by atoms with E-state index in [2.05, 4.69) is 68.3 Å². The molecule has 0 aliphatic carbocycles. The van der Waals surface area contributed by atoms with Gasteiger partial charge in [0, 0.05) is 174 Å². The van der Waals surface area contributed by atoms with Crippen molar-refractivity contribution in [1.82, 2.24) is 68.3 Å². The van der Waals surface area contributed by atoms with Crippen molar-refractivity contribution in [3.05, 3.63) is 0 Å². The van der Waals surface area contributed by atoms with E-state index < -0.39 is 145 Å². The number of nitrogens with two attached hydrogens (primary N) is 2. The Kier molecular flexibility index (Phi) is 49.2. The average molecular weight is 1360 g/mol. The Labute approximate surface area is 570 Å². The number of unbranched alkanes of at least 4 members (excludes halogenated alkanes) is 7. The van der Waals surface area contributed by atoms with Gasteiger partial charge < -0.3 is 79.4 Å². The number of nitrogens with zero attached hydrogens (tertiary/aromatic N) is 2. The number of ether oxygens (including phenoxy) is 2. The molecule has 2 aliphatic rings. The van der Waals surface area contributed by atoms with Crippen LogP contribution in [0, 0.1) is 23.7 Å². The van der Waals surface area contributed by atoms with Gasteiger partial charge in [0.1, 0.15) is 29.4 Å². The van der Waals surface area contributed by atoms with Gasteiger partial charge in [-0.05, 0) is 51.6 Å². The SMILES string of the molecule is CCCCCCNC(=O)CC(NC(=O)CC(CC(=O)C(CC(=O)CC(CC)C(=O)NCCCN1CCOCC1)CC(=O)NCCCN1CCOCC1)C(=O)NCCCCCC)C(=O)NC(CC(=O)CC(CC(=O)NCCNCCN)C(=O)NCCCC)C(=O)NCCNCCN. The molecule has 0 radical (unpaired) electrons. The number of ketones is 3. The van der Waals surface area contributed by atoms with Gasteiger partial charge in [-0.2, -0.15) is 0 Å². The molecule has 15 N–H and O–H groups in total. The van der Waals surface area contributed by atoms with Gasteiger partial charge in [-0.1, -0.05) is 72.6 Å². The maximum Gasteiger partial charge on any atom is 0.243 e. The van der Waals surface area contributed by atoms with E-state index in [1.807, 2.05) is 20.8 Å². The van der Waals surface area contributed by atoms with Gasteiger partial charge in [0.2, 0.25) is 53.2 Å².